The summed E-state index contributed by atoms with van der Waals surface area (Å²) in [7, 11) is 0. The molecular formula is C41H57NO6. The summed E-state index contributed by atoms with van der Waals surface area (Å²) in [5, 5.41) is 35.9. The Bertz CT molecular complexity index is 1580. The van der Waals surface area contributed by atoms with Crippen LogP contribution in [0.1, 0.15) is 105 Å². The van der Waals surface area contributed by atoms with E-state index in [0.717, 1.165) is 30.4 Å². The summed E-state index contributed by atoms with van der Waals surface area (Å²) in [6.07, 6.45) is 7.45. The van der Waals surface area contributed by atoms with Gasteiger partial charge in [0.05, 0.1) is 23.7 Å². The van der Waals surface area contributed by atoms with Crippen LogP contribution in [0, 0.1) is 45.3 Å². The number of rotatable bonds is 8. The van der Waals surface area contributed by atoms with Crippen LogP contribution >= 0.6 is 0 Å². The minimum Gasteiger partial charge on any atom is -0.508 e. The number of hydrogen-bond acceptors (Lipinski definition) is 7. The third kappa shape index (κ3) is 4.66. The van der Waals surface area contributed by atoms with Crippen molar-refractivity contribution in [1.29, 1.82) is 0 Å². The van der Waals surface area contributed by atoms with Crippen LogP contribution in [0.3, 0.4) is 0 Å². The summed E-state index contributed by atoms with van der Waals surface area (Å²) in [5.74, 6) is 0.393. The number of epoxide rings is 1. The molecular weight excluding hydrogens is 602 g/mol. The van der Waals surface area contributed by atoms with Gasteiger partial charge in [0.25, 0.3) is 0 Å². The SMILES string of the molecule is CC(O)CNC1CC2(C)C(CCC3=C(C(C)CC(O)C4OC4(C)C)C(=O)CC32C)C2(C)C3C=CCC(C)(C(=O)C3c3cccc(O)c3)C12. The van der Waals surface area contributed by atoms with Gasteiger partial charge in [-0.2, -0.15) is 0 Å². The zero-order valence-corrected chi connectivity index (χ0v) is 30.2. The van der Waals surface area contributed by atoms with Crippen molar-refractivity contribution in [3.63, 3.8) is 0 Å². The highest BCUT2D eigenvalue weighted by atomic mass is 16.6. The molecule has 262 valence electrons. The van der Waals surface area contributed by atoms with E-state index in [1.807, 2.05) is 26.0 Å². The van der Waals surface area contributed by atoms with Crippen molar-refractivity contribution in [2.24, 2.45) is 45.3 Å². The number of hydrogen-bond donors (Lipinski definition) is 4. The minimum atomic E-state index is -0.636. The van der Waals surface area contributed by atoms with Crippen molar-refractivity contribution in [2.45, 2.75) is 130 Å². The molecule has 8 rings (SSSR count). The fourth-order valence-electron chi connectivity index (χ4n) is 12.7. The molecule has 1 saturated heterocycles. The lowest BCUT2D eigenvalue weighted by Gasteiger charge is -2.72. The number of benzene rings is 1. The van der Waals surface area contributed by atoms with Crippen molar-refractivity contribution in [3.8, 4) is 5.75 Å². The third-order valence-corrected chi connectivity index (χ3v) is 14.9. The van der Waals surface area contributed by atoms with E-state index in [4.69, 9.17) is 4.74 Å². The van der Waals surface area contributed by atoms with Crippen LogP contribution in [0.15, 0.2) is 47.6 Å². The molecule has 4 fully saturated rings. The first-order valence-electron chi connectivity index (χ1n) is 18.4. The summed E-state index contributed by atoms with van der Waals surface area (Å²) < 4.78 is 5.76. The number of aromatic hydroxyl groups is 1. The minimum absolute atomic E-state index is 0.0313. The smallest absolute Gasteiger partial charge is 0.159 e. The van der Waals surface area contributed by atoms with E-state index in [1.165, 1.54) is 5.57 Å². The maximum atomic E-state index is 14.9. The molecule has 7 aliphatic rings. The number of allylic oxidation sites excluding steroid dienone is 4. The van der Waals surface area contributed by atoms with Crippen LogP contribution in [-0.4, -0.2) is 63.4 Å². The number of nitrogens with one attached hydrogen (secondary N) is 1. The lowest BCUT2D eigenvalue weighted by molar-refractivity contribution is -0.206. The number of fused-ring (bicyclic) bond motifs is 5. The Labute approximate surface area is 286 Å². The van der Waals surface area contributed by atoms with Gasteiger partial charge >= 0.3 is 0 Å². The molecule has 0 radical (unpaired) electrons. The van der Waals surface area contributed by atoms with Gasteiger partial charge in [0.2, 0.25) is 0 Å². The number of ketones is 2. The Hall–Kier alpha value is -2.32. The second-order valence-electron chi connectivity index (χ2n) is 18.1. The van der Waals surface area contributed by atoms with Crippen molar-refractivity contribution < 1.29 is 29.6 Å². The second-order valence-corrected chi connectivity index (χ2v) is 18.1. The van der Waals surface area contributed by atoms with Crippen LogP contribution in [0.5, 0.6) is 5.75 Å². The number of phenols is 1. The predicted molar refractivity (Wildman–Crippen MR) is 185 cm³/mol. The molecule has 4 N–H and O–H groups in total. The maximum absolute atomic E-state index is 14.9. The first kappa shape index (κ1) is 34.1. The van der Waals surface area contributed by atoms with Crippen LogP contribution in [0.4, 0.5) is 0 Å². The largest absolute Gasteiger partial charge is 0.508 e. The monoisotopic (exact) mass is 659 g/mol. The Morgan fingerprint density at radius 2 is 1.77 bits per heavy atom. The average molecular weight is 660 g/mol. The van der Waals surface area contributed by atoms with E-state index in [9.17, 15) is 24.9 Å². The Kier molecular flexibility index (Phi) is 7.89. The summed E-state index contributed by atoms with van der Waals surface area (Å²) in [4.78, 5) is 29.1. The molecule has 1 aromatic carbocycles. The van der Waals surface area contributed by atoms with Crippen LogP contribution in [0.25, 0.3) is 0 Å². The molecule has 13 unspecified atom stereocenters. The Balaban J connectivity index is 1.34. The fraction of sp³-hybridized carbons (Fsp3) is 0.707. The lowest BCUT2D eigenvalue weighted by atomic mass is 9.32. The number of phenolic OH excluding ortho intramolecular Hbond substituents is 1. The normalized spacial score (nSPS) is 44.5. The third-order valence-electron chi connectivity index (χ3n) is 14.9. The van der Waals surface area contributed by atoms with Gasteiger partial charge in [-0.25, -0.2) is 0 Å². The highest BCUT2D eigenvalue weighted by Crippen LogP contribution is 2.77. The number of carbonyl (C=O) groups excluding carboxylic acids is 2. The molecule has 6 aliphatic carbocycles. The molecule has 7 nitrogen and oxygen atoms in total. The molecule has 1 aliphatic heterocycles. The molecule has 13 atom stereocenters. The highest BCUT2D eigenvalue weighted by Gasteiger charge is 2.74. The second kappa shape index (κ2) is 11.1. The topological polar surface area (TPSA) is 119 Å². The number of Topliss-reactive ketones (excluding diaryl/α,β-unsaturated/α-hetero) is 2. The van der Waals surface area contributed by atoms with Gasteiger partial charge in [0.1, 0.15) is 17.6 Å². The zero-order valence-electron chi connectivity index (χ0n) is 30.2. The van der Waals surface area contributed by atoms with Crippen LogP contribution in [0.2, 0.25) is 0 Å². The van der Waals surface area contributed by atoms with E-state index >= 15 is 0 Å². The van der Waals surface area contributed by atoms with Crippen molar-refractivity contribution in [1.82, 2.24) is 5.32 Å². The molecule has 0 spiro atoms. The van der Waals surface area contributed by atoms with Gasteiger partial charge in [-0.15, -0.1) is 0 Å². The fourth-order valence-corrected chi connectivity index (χ4v) is 12.7. The number of aliphatic hydroxyl groups excluding tert-OH is 2. The molecule has 3 saturated carbocycles. The van der Waals surface area contributed by atoms with Crippen molar-refractivity contribution in [2.75, 3.05) is 6.54 Å². The first-order valence-corrected chi connectivity index (χ1v) is 18.4. The van der Waals surface area contributed by atoms with E-state index < -0.39 is 17.6 Å². The molecule has 2 bridgehead atoms. The molecule has 1 heterocycles. The van der Waals surface area contributed by atoms with Crippen LogP contribution < -0.4 is 5.32 Å². The van der Waals surface area contributed by atoms with Gasteiger partial charge in [-0.05, 0) is 111 Å². The van der Waals surface area contributed by atoms with Crippen molar-refractivity contribution in [3.05, 3.63) is 53.1 Å². The quantitative estimate of drug-likeness (QED) is 0.192. The molecule has 0 amide bonds. The Morgan fingerprint density at radius 3 is 2.42 bits per heavy atom. The van der Waals surface area contributed by atoms with Gasteiger partial charge in [0.15, 0.2) is 5.78 Å². The van der Waals surface area contributed by atoms with E-state index in [0.29, 0.717) is 25.8 Å². The van der Waals surface area contributed by atoms with Crippen LogP contribution in [-0.2, 0) is 14.3 Å². The van der Waals surface area contributed by atoms with Gasteiger partial charge < -0.3 is 25.4 Å². The first-order chi connectivity index (χ1) is 22.4. The highest BCUT2D eigenvalue weighted by molar-refractivity contribution is 6.00. The summed E-state index contributed by atoms with van der Waals surface area (Å²) in [6, 6.07) is 7.26. The number of carbonyl (C=O) groups is 2. The van der Waals surface area contributed by atoms with E-state index in [2.05, 4.69) is 52.1 Å². The van der Waals surface area contributed by atoms with Gasteiger partial charge in [-0.3, -0.25) is 9.59 Å². The zero-order chi connectivity index (χ0) is 34.8. The van der Waals surface area contributed by atoms with Gasteiger partial charge in [0, 0.05) is 29.8 Å². The van der Waals surface area contributed by atoms with E-state index in [-0.39, 0.29) is 80.9 Å². The molecule has 0 aromatic heterocycles. The number of ether oxygens (including phenoxy) is 1. The molecule has 1 aromatic rings. The van der Waals surface area contributed by atoms with Gasteiger partial charge in [-0.1, -0.05) is 64.5 Å². The number of aliphatic hydroxyl groups is 2. The summed E-state index contributed by atoms with van der Waals surface area (Å²) >= 11 is 0. The average Bonchev–Trinajstić information content (AvgIpc) is 3.61. The predicted octanol–water partition coefficient (Wildman–Crippen LogP) is 6.26. The van der Waals surface area contributed by atoms with E-state index in [1.54, 1.807) is 19.1 Å². The standard InChI is InChI=1S/C41H57NO6/c1-22(17-29(45)36-37(3,4)48-36)32-26-14-15-31-40(7,39(26,6)20-30(32)46)19-28(42-21-23(2)43)34-38(5)16-10-13-27(41(31,34)8)33(35(38)47)24-11-9-12-25(44)18-24/h9-13,18,22-23,27-29,31,33-34,36,42-45H,14-17,19-21H2,1-8H3. The van der Waals surface area contributed by atoms with Crippen molar-refractivity contribution >= 4 is 11.6 Å². The molecule has 48 heavy (non-hydrogen) atoms. The molecule has 7 heteroatoms. The Morgan fingerprint density at radius 1 is 1.06 bits per heavy atom. The maximum Gasteiger partial charge on any atom is 0.159 e. The lowest BCUT2D eigenvalue weighted by Crippen LogP contribution is -2.72. The summed E-state index contributed by atoms with van der Waals surface area (Å²) in [5.41, 5.74) is 1.20. The summed E-state index contributed by atoms with van der Waals surface area (Å²) in [6.45, 7) is 17.7.